The van der Waals surface area contributed by atoms with E-state index >= 15 is 0 Å². The first-order valence-electron chi connectivity index (χ1n) is 10.5. The second kappa shape index (κ2) is 9.69. The van der Waals surface area contributed by atoms with Gasteiger partial charge in [-0.25, -0.2) is 4.98 Å². The number of imidazole rings is 1. The number of nitrogens with zero attached hydrogens (tertiary/aromatic N) is 5. The molecule has 0 saturated heterocycles. The van der Waals surface area contributed by atoms with E-state index in [0.717, 1.165) is 39.3 Å². The molecule has 35 heavy (non-hydrogen) atoms. The fraction of sp³-hybridized carbons (Fsp3) is 0.0769. The van der Waals surface area contributed by atoms with Gasteiger partial charge in [0.1, 0.15) is 28.9 Å². The summed E-state index contributed by atoms with van der Waals surface area (Å²) in [6, 6.07) is 14.5. The molecule has 5 aromatic heterocycles. The molecule has 0 radical (unpaired) electrons. The van der Waals surface area contributed by atoms with E-state index in [1.165, 1.54) is 0 Å². The van der Waals surface area contributed by atoms with E-state index in [1.54, 1.807) is 37.6 Å². The quantitative estimate of drug-likeness (QED) is 0.412. The van der Waals surface area contributed by atoms with E-state index in [1.807, 2.05) is 60.1 Å². The smallest absolute Gasteiger partial charge is 0.266 e. The van der Waals surface area contributed by atoms with Crippen LogP contribution < -0.4 is 11.1 Å². The molecule has 5 rings (SSSR count). The highest BCUT2D eigenvalue weighted by molar-refractivity contribution is 5.68. The number of nitriles is 2. The van der Waals surface area contributed by atoms with Crippen LogP contribution in [0.2, 0.25) is 0 Å². The Morgan fingerprint density at radius 2 is 1.37 bits per heavy atom. The van der Waals surface area contributed by atoms with Gasteiger partial charge in [-0.1, -0.05) is 0 Å². The SMILES string of the molecule is Cc1[nH]c(=O)c(C#N)cc1-c1ccc2nccn2c1.Cc1[nH]c(=O)c(C#N)cc1-c1ccncc1. The number of pyridine rings is 4. The standard InChI is InChI=1S/C14H10N4O.C12H9N3O/c1-9-12(6-11(7-15)14(19)17-9)10-2-3-13-16-4-5-18(13)8-10;1-8-11(9-2-4-14-5-3-9)6-10(7-13)12(16)15-8/h2-6,8H,1H3,(H,17,19);2-6H,1H3,(H,15,16). The van der Waals surface area contributed by atoms with Gasteiger partial charge in [-0.15, -0.1) is 0 Å². The van der Waals surface area contributed by atoms with Crippen molar-refractivity contribution in [1.29, 1.82) is 10.5 Å². The van der Waals surface area contributed by atoms with E-state index in [-0.39, 0.29) is 22.2 Å². The summed E-state index contributed by atoms with van der Waals surface area (Å²) in [6.45, 7) is 3.62. The molecule has 5 heterocycles. The number of H-pyrrole nitrogens is 2. The fourth-order valence-electron chi connectivity index (χ4n) is 3.62. The Balaban J connectivity index is 0.000000168. The summed E-state index contributed by atoms with van der Waals surface area (Å²) >= 11 is 0. The molecular formula is C26H19N7O2. The lowest BCUT2D eigenvalue weighted by Gasteiger charge is -2.07. The molecule has 0 aliphatic heterocycles. The molecule has 0 atom stereocenters. The van der Waals surface area contributed by atoms with Gasteiger partial charge >= 0.3 is 0 Å². The monoisotopic (exact) mass is 461 g/mol. The minimum absolute atomic E-state index is 0.117. The molecular weight excluding hydrogens is 442 g/mol. The Morgan fingerprint density at radius 3 is 1.94 bits per heavy atom. The van der Waals surface area contributed by atoms with Crippen molar-refractivity contribution in [2.24, 2.45) is 0 Å². The molecule has 9 nitrogen and oxygen atoms in total. The van der Waals surface area contributed by atoms with Gasteiger partial charge in [0.2, 0.25) is 0 Å². The van der Waals surface area contributed by atoms with Crippen molar-refractivity contribution in [2.75, 3.05) is 0 Å². The van der Waals surface area contributed by atoms with Crippen molar-refractivity contribution in [3.8, 4) is 34.4 Å². The Kier molecular flexibility index (Phi) is 6.34. The molecule has 0 fully saturated rings. The number of aromatic amines is 2. The average molecular weight is 461 g/mol. The molecule has 0 bridgehead atoms. The molecule has 0 aliphatic carbocycles. The second-order valence-electron chi connectivity index (χ2n) is 7.67. The van der Waals surface area contributed by atoms with E-state index in [4.69, 9.17) is 10.5 Å². The van der Waals surface area contributed by atoms with Gasteiger partial charge in [-0.2, -0.15) is 10.5 Å². The van der Waals surface area contributed by atoms with Crippen LogP contribution in [-0.4, -0.2) is 24.3 Å². The summed E-state index contributed by atoms with van der Waals surface area (Å²) < 4.78 is 1.89. The number of fused-ring (bicyclic) bond motifs is 1. The Hall–Kier alpha value is -5.28. The van der Waals surface area contributed by atoms with Crippen molar-refractivity contribution < 1.29 is 0 Å². The summed E-state index contributed by atoms with van der Waals surface area (Å²) in [6.07, 6.45) is 8.84. The fourth-order valence-corrected chi connectivity index (χ4v) is 3.62. The molecule has 0 spiro atoms. The molecule has 0 aliphatic rings. The van der Waals surface area contributed by atoms with Gasteiger partial charge in [-0.3, -0.25) is 14.6 Å². The van der Waals surface area contributed by atoms with Crippen molar-refractivity contribution in [3.63, 3.8) is 0 Å². The van der Waals surface area contributed by atoms with Crippen LogP contribution in [0.3, 0.4) is 0 Å². The van der Waals surface area contributed by atoms with Crippen molar-refractivity contribution in [1.82, 2.24) is 24.3 Å². The predicted octanol–water partition coefficient (Wildman–Crippen LogP) is 3.49. The number of aromatic nitrogens is 5. The zero-order valence-corrected chi connectivity index (χ0v) is 18.9. The van der Waals surface area contributed by atoms with Crippen LogP contribution in [0, 0.1) is 36.5 Å². The number of rotatable bonds is 2. The third-order valence-electron chi connectivity index (χ3n) is 5.41. The Morgan fingerprint density at radius 1 is 0.800 bits per heavy atom. The zero-order chi connectivity index (χ0) is 24.9. The lowest BCUT2D eigenvalue weighted by atomic mass is 10.0. The first-order chi connectivity index (χ1) is 16.9. The molecule has 170 valence electrons. The largest absolute Gasteiger partial charge is 0.325 e. The highest BCUT2D eigenvalue weighted by atomic mass is 16.1. The van der Waals surface area contributed by atoms with Crippen LogP contribution in [-0.2, 0) is 0 Å². The molecule has 0 saturated carbocycles. The minimum atomic E-state index is -0.354. The van der Waals surface area contributed by atoms with E-state index in [9.17, 15) is 9.59 Å². The maximum atomic E-state index is 11.5. The van der Waals surface area contributed by atoms with Crippen LogP contribution in [0.15, 0.2) is 77.0 Å². The number of aryl methyl sites for hydroxylation is 2. The second-order valence-corrected chi connectivity index (χ2v) is 7.67. The molecule has 0 aromatic carbocycles. The number of nitrogens with one attached hydrogen (secondary N) is 2. The maximum absolute atomic E-state index is 11.5. The van der Waals surface area contributed by atoms with Crippen molar-refractivity contribution >= 4 is 5.65 Å². The average Bonchev–Trinajstić information content (AvgIpc) is 3.33. The van der Waals surface area contributed by atoms with Crippen LogP contribution >= 0.6 is 0 Å². The summed E-state index contributed by atoms with van der Waals surface area (Å²) in [5.41, 5.74) is 5.42. The minimum Gasteiger partial charge on any atom is -0.325 e. The first-order valence-corrected chi connectivity index (χ1v) is 10.5. The highest BCUT2D eigenvalue weighted by Crippen LogP contribution is 2.22. The van der Waals surface area contributed by atoms with Gasteiger partial charge in [0.05, 0.1) is 0 Å². The van der Waals surface area contributed by atoms with Crippen molar-refractivity contribution in [3.05, 3.63) is 111 Å². The predicted molar refractivity (Wildman–Crippen MR) is 130 cm³/mol. The number of hydrogen-bond acceptors (Lipinski definition) is 6. The lowest BCUT2D eigenvalue weighted by Crippen LogP contribution is -2.12. The van der Waals surface area contributed by atoms with Crippen LogP contribution in [0.4, 0.5) is 0 Å². The molecule has 0 amide bonds. The molecule has 2 N–H and O–H groups in total. The third-order valence-corrected chi connectivity index (χ3v) is 5.41. The van der Waals surface area contributed by atoms with Crippen LogP contribution in [0.25, 0.3) is 27.9 Å². The highest BCUT2D eigenvalue weighted by Gasteiger charge is 2.09. The summed E-state index contributed by atoms with van der Waals surface area (Å²) in [4.78, 5) is 36.4. The van der Waals surface area contributed by atoms with Crippen LogP contribution in [0.1, 0.15) is 22.5 Å². The third kappa shape index (κ3) is 4.75. The van der Waals surface area contributed by atoms with E-state index in [0.29, 0.717) is 0 Å². The summed E-state index contributed by atoms with van der Waals surface area (Å²) in [5.74, 6) is 0. The van der Waals surface area contributed by atoms with Gasteiger partial charge in [0.25, 0.3) is 11.1 Å². The van der Waals surface area contributed by atoms with Gasteiger partial charge < -0.3 is 14.4 Å². The summed E-state index contributed by atoms with van der Waals surface area (Å²) in [7, 11) is 0. The Labute approximate surface area is 199 Å². The maximum Gasteiger partial charge on any atom is 0.266 e. The first kappa shape index (κ1) is 22.9. The van der Waals surface area contributed by atoms with E-state index < -0.39 is 0 Å². The lowest BCUT2D eigenvalue weighted by molar-refractivity contribution is 1.12. The number of hydrogen-bond donors (Lipinski definition) is 2. The molecule has 9 heteroatoms. The van der Waals surface area contributed by atoms with Gasteiger partial charge in [-0.05, 0) is 55.8 Å². The molecule has 5 aromatic rings. The van der Waals surface area contributed by atoms with Gasteiger partial charge in [0, 0.05) is 59.1 Å². The van der Waals surface area contributed by atoms with Crippen molar-refractivity contribution in [2.45, 2.75) is 13.8 Å². The van der Waals surface area contributed by atoms with Gasteiger partial charge in [0.15, 0.2) is 0 Å². The molecule has 0 unspecified atom stereocenters. The topological polar surface area (TPSA) is 143 Å². The Bertz CT molecular complexity index is 1730. The van der Waals surface area contributed by atoms with Crippen LogP contribution in [0.5, 0.6) is 0 Å². The summed E-state index contributed by atoms with van der Waals surface area (Å²) in [5, 5.41) is 17.7. The van der Waals surface area contributed by atoms with E-state index in [2.05, 4.69) is 19.9 Å². The zero-order valence-electron chi connectivity index (χ0n) is 18.9. The normalized spacial score (nSPS) is 10.2.